The molecule has 1 saturated carbocycles. The summed E-state index contributed by atoms with van der Waals surface area (Å²) >= 11 is 0. The van der Waals surface area contributed by atoms with Crippen molar-refractivity contribution in [1.29, 1.82) is 0 Å². The van der Waals surface area contributed by atoms with E-state index in [2.05, 4.69) is 5.32 Å². The first-order valence-electron chi connectivity index (χ1n) is 7.56. The van der Waals surface area contributed by atoms with E-state index in [0.29, 0.717) is 18.4 Å². The van der Waals surface area contributed by atoms with Crippen LogP contribution in [0, 0.1) is 6.92 Å². The van der Waals surface area contributed by atoms with E-state index in [4.69, 9.17) is 10.5 Å². The van der Waals surface area contributed by atoms with E-state index < -0.39 is 18.3 Å². The van der Waals surface area contributed by atoms with Gasteiger partial charge in [0.15, 0.2) is 6.61 Å². The van der Waals surface area contributed by atoms with Crippen molar-refractivity contribution in [3.05, 3.63) is 29.3 Å². The fraction of sp³-hybridized carbons (Fsp3) is 0.562. The number of carbonyl (C=O) groups excluding carboxylic acids is 1. The molecule has 7 heteroatoms. The molecule has 0 radical (unpaired) electrons. The molecule has 1 fully saturated rings. The van der Waals surface area contributed by atoms with E-state index in [1.165, 1.54) is 6.07 Å². The van der Waals surface area contributed by atoms with Gasteiger partial charge in [0.25, 0.3) is 0 Å². The Morgan fingerprint density at radius 2 is 2.00 bits per heavy atom. The van der Waals surface area contributed by atoms with E-state index in [1.54, 1.807) is 19.1 Å². The van der Waals surface area contributed by atoms with Gasteiger partial charge in [-0.2, -0.15) is 13.2 Å². The van der Waals surface area contributed by atoms with Gasteiger partial charge in [0, 0.05) is 12.1 Å². The number of benzene rings is 1. The number of nitrogens with one attached hydrogen (secondary N) is 1. The molecule has 1 aliphatic rings. The van der Waals surface area contributed by atoms with Crippen LogP contribution in [0.25, 0.3) is 0 Å². The van der Waals surface area contributed by atoms with Gasteiger partial charge in [-0.25, -0.2) is 0 Å². The van der Waals surface area contributed by atoms with Crippen LogP contribution in [0.5, 0.6) is 5.75 Å². The van der Waals surface area contributed by atoms with Crippen LogP contribution in [-0.2, 0) is 11.3 Å². The molecule has 23 heavy (non-hydrogen) atoms. The second-order valence-corrected chi connectivity index (χ2v) is 6.06. The molecule has 1 aromatic rings. The average molecular weight is 330 g/mol. The summed E-state index contributed by atoms with van der Waals surface area (Å²) in [6, 6.07) is 4.94. The van der Waals surface area contributed by atoms with Crippen molar-refractivity contribution in [1.82, 2.24) is 5.32 Å². The largest absolute Gasteiger partial charge is 0.484 e. The highest BCUT2D eigenvalue weighted by atomic mass is 19.4. The SMILES string of the molecule is Cc1ccc(CNC(=O)C2(N)CCCC2)c(OCC(F)(F)F)c1. The van der Waals surface area contributed by atoms with E-state index in [1.807, 2.05) is 0 Å². The highest BCUT2D eigenvalue weighted by Gasteiger charge is 2.36. The molecule has 128 valence electrons. The number of carbonyl (C=O) groups is 1. The molecular weight excluding hydrogens is 309 g/mol. The molecule has 0 unspecified atom stereocenters. The van der Waals surface area contributed by atoms with Crippen molar-refractivity contribution in [2.75, 3.05) is 6.61 Å². The Morgan fingerprint density at radius 3 is 2.61 bits per heavy atom. The number of ether oxygens (including phenoxy) is 1. The first-order valence-corrected chi connectivity index (χ1v) is 7.56. The standard InChI is InChI=1S/C16H21F3N2O2/c1-11-4-5-12(13(8-11)23-10-16(17,18)19)9-21-14(22)15(20)6-2-3-7-15/h4-5,8H,2-3,6-7,9-10,20H2,1H3,(H,21,22). The Hall–Kier alpha value is -1.76. The fourth-order valence-corrected chi connectivity index (χ4v) is 2.69. The number of alkyl halides is 3. The highest BCUT2D eigenvalue weighted by Crippen LogP contribution is 2.28. The third kappa shape index (κ3) is 4.86. The molecule has 1 amide bonds. The van der Waals surface area contributed by atoms with Crippen LogP contribution in [0.3, 0.4) is 0 Å². The van der Waals surface area contributed by atoms with E-state index in [-0.39, 0.29) is 18.2 Å². The summed E-state index contributed by atoms with van der Waals surface area (Å²) in [6.07, 6.45) is -1.33. The number of halogens is 3. The molecule has 0 heterocycles. The number of amides is 1. The summed E-state index contributed by atoms with van der Waals surface area (Å²) in [6.45, 7) is 0.486. The minimum absolute atomic E-state index is 0.0885. The summed E-state index contributed by atoms with van der Waals surface area (Å²) in [5.74, 6) is -0.141. The van der Waals surface area contributed by atoms with Crippen molar-refractivity contribution in [3.63, 3.8) is 0 Å². The Bertz CT molecular complexity index is 567. The monoisotopic (exact) mass is 330 g/mol. The summed E-state index contributed by atoms with van der Waals surface area (Å²) in [7, 11) is 0. The molecule has 1 aromatic carbocycles. The quantitative estimate of drug-likeness (QED) is 0.872. The molecular formula is C16H21F3N2O2. The molecule has 3 N–H and O–H groups in total. The molecule has 0 atom stereocenters. The zero-order valence-electron chi connectivity index (χ0n) is 13.0. The average Bonchev–Trinajstić information content (AvgIpc) is 2.91. The normalized spacial score (nSPS) is 17.1. The summed E-state index contributed by atoms with van der Waals surface area (Å²) < 4.78 is 41.9. The van der Waals surface area contributed by atoms with Crippen LogP contribution in [0.2, 0.25) is 0 Å². The summed E-state index contributed by atoms with van der Waals surface area (Å²) in [5, 5.41) is 2.71. The molecule has 2 rings (SSSR count). The maximum atomic E-state index is 12.3. The van der Waals surface area contributed by atoms with Gasteiger partial charge in [-0.1, -0.05) is 25.0 Å². The smallest absolute Gasteiger partial charge is 0.422 e. The van der Waals surface area contributed by atoms with Crippen molar-refractivity contribution >= 4 is 5.91 Å². The van der Waals surface area contributed by atoms with Crippen molar-refractivity contribution in [2.24, 2.45) is 5.73 Å². The topological polar surface area (TPSA) is 64.4 Å². The molecule has 0 saturated heterocycles. The van der Waals surface area contributed by atoms with Gasteiger partial charge >= 0.3 is 6.18 Å². The summed E-state index contributed by atoms with van der Waals surface area (Å²) in [4.78, 5) is 12.2. The predicted octanol–water partition coefficient (Wildman–Crippen LogP) is 2.82. The second-order valence-electron chi connectivity index (χ2n) is 6.06. The van der Waals surface area contributed by atoms with E-state index in [0.717, 1.165) is 18.4 Å². The second kappa shape index (κ2) is 6.78. The van der Waals surface area contributed by atoms with Gasteiger partial charge in [0.2, 0.25) is 5.91 Å². The van der Waals surface area contributed by atoms with Crippen LogP contribution < -0.4 is 15.8 Å². The highest BCUT2D eigenvalue weighted by molar-refractivity contribution is 5.86. The molecule has 0 aromatic heterocycles. The van der Waals surface area contributed by atoms with Gasteiger partial charge in [-0.3, -0.25) is 4.79 Å². The number of aryl methyl sites for hydroxylation is 1. The van der Waals surface area contributed by atoms with Crippen molar-refractivity contribution in [3.8, 4) is 5.75 Å². The number of rotatable bonds is 5. The lowest BCUT2D eigenvalue weighted by Crippen LogP contribution is -2.51. The maximum Gasteiger partial charge on any atom is 0.422 e. The molecule has 0 aliphatic heterocycles. The van der Waals surface area contributed by atoms with Crippen LogP contribution in [0.1, 0.15) is 36.8 Å². The third-order valence-electron chi connectivity index (χ3n) is 4.00. The Kier molecular flexibility index (Phi) is 5.19. The number of hydrogen-bond acceptors (Lipinski definition) is 3. The first-order chi connectivity index (χ1) is 10.7. The molecule has 4 nitrogen and oxygen atoms in total. The minimum Gasteiger partial charge on any atom is -0.484 e. The van der Waals surface area contributed by atoms with Crippen LogP contribution in [0.4, 0.5) is 13.2 Å². The van der Waals surface area contributed by atoms with Crippen molar-refractivity contribution < 1.29 is 22.7 Å². The molecule has 0 spiro atoms. The van der Waals surface area contributed by atoms with Crippen LogP contribution in [0.15, 0.2) is 18.2 Å². The minimum atomic E-state index is -4.41. The lowest BCUT2D eigenvalue weighted by atomic mass is 9.98. The fourth-order valence-electron chi connectivity index (χ4n) is 2.69. The summed E-state index contributed by atoms with van der Waals surface area (Å²) in [5.41, 5.74) is 6.47. The Labute approximate surface area is 133 Å². The van der Waals surface area contributed by atoms with Gasteiger partial charge < -0.3 is 15.8 Å². The lowest BCUT2D eigenvalue weighted by molar-refractivity contribution is -0.153. The molecule has 0 bridgehead atoms. The van der Waals surface area contributed by atoms with Crippen molar-refractivity contribution in [2.45, 2.75) is 50.9 Å². The first kappa shape index (κ1) is 17.6. The van der Waals surface area contributed by atoms with Gasteiger partial charge in [-0.15, -0.1) is 0 Å². The van der Waals surface area contributed by atoms with Crippen LogP contribution in [-0.4, -0.2) is 24.2 Å². The zero-order valence-corrected chi connectivity index (χ0v) is 13.0. The van der Waals surface area contributed by atoms with Gasteiger partial charge in [-0.05, 0) is 31.4 Å². The number of nitrogens with two attached hydrogens (primary N) is 1. The zero-order chi connectivity index (χ0) is 17.1. The third-order valence-corrected chi connectivity index (χ3v) is 4.00. The maximum absolute atomic E-state index is 12.3. The van der Waals surface area contributed by atoms with Gasteiger partial charge in [0.05, 0.1) is 5.54 Å². The predicted molar refractivity (Wildman–Crippen MR) is 80.0 cm³/mol. The lowest BCUT2D eigenvalue weighted by Gasteiger charge is -2.22. The Balaban J connectivity index is 2.02. The van der Waals surface area contributed by atoms with Gasteiger partial charge in [0.1, 0.15) is 5.75 Å². The van der Waals surface area contributed by atoms with Crippen LogP contribution >= 0.6 is 0 Å². The Morgan fingerprint density at radius 1 is 1.35 bits per heavy atom. The molecule has 1 aliphatic carbocycles. The van der Waals surface area contributed by atoms with E-state index >= 15 is 0 Å². The number of hydrogen-bond donors (Lipinski definition) is 2. The van der Waals surface area contributed by atoms with E-state index in [9.17, 15) is 18.0 Å².